The zero-order chi connectivity index (χ0) is 13.8. The van der Waals surface area contributed by atoms with Gasteiger partial charge in [0.25, 0.3) is 0 Å². The van der Waals surface area contributed by atoms with Crippen LogP contribution in [0.3, 0.4) is 0 Å². The smallest absolute Gasteiger partial charge is 0.0781 e. The SMILES string of the molecule is CCOC(C)(C)C(Cc1ccc(Cl)c(Cl)c1)NC. The fourth-order valence-corrected chi connectivity index (χ4v) is 2.39. The van der Waals surface area contributed by atoms with Gasteiger partial charge >= 0.3 is 0 Å². The summed E-state index contributed by atoms with van der Waals surface area (Å²) < 4.78 is 5.79. The molecule has 0 aromatic heterocycles. The fraction of sp³-hybridized carbons (Fsp3) is 0.571. The van der Waals surface area contributed by atoms with Crippen LogP contribution in [0.15, 0.2) is 18.2 Å². The number of benzene rings is 1. The summed E-state index contributed by atoms with van der Waals surface area (Å²) >= 11 is 12.0. The standard InChI is InChI=1S/C14H21Cl2NO/c1-5-18-14(2,3)13(17-4)9-10-6-7-11(15)12(16)8-10/h6-8,13,17H,5,9H2,1-4H3. The van der Waals surface area contributed by atoms with Crippen LogP contribution in [0.2, 0.25) is 10.0 Å². The molecule has 0 aliphatic carbocycles. The Bertz CT molecular complexity index is 393. The van der Waals surface area contributed by atoms with Gasteiger partial charge in [-0.15, -0.1) is 0 Å². The highest BCUT2D eigenvalue weighted by atomic mass is 35.5. The van der Waals surface area contributed by atoms with Crippen LogP contribution >= 0.6 is 23.2 Å². The minimum atomic E-state index is -0.227. The summed E-state index contributed by atoms with van der Waals surface area (Å²) in [6.07, 6.45) is 0.848. The number of ether oxygens (including phenoxy) is 1. The lowest BCUT2D eigenvalue weighted by Gasteiger charge is -2.34. The second kappa shape index (κ2) is 6.76. The Morgan fingerprint density at radius 3 is 2.44 bits per heavy atom. The number of likely N-dealkylation sites (N-methyl/N-ethyl adjacent to an activating group) is 1. The van der Waals surface area contributed by atoms with Gasteiger partial charge in [-0.3, -0.25) is 0 Å². The van der Waals surface area contributed by atoms with Crippen molar-refractivity contribution in [1.29, 1.82) is 0 Å². The van der Waals surface area contributed by atoms with E-state index in [1.54, 1.807) is 0 Å². The van der Waals surface area contributed by atoms with Crippen LogP contribution in [0, 0.1) is 0 Å². The fourth-order valence-electron chi connectivity index (χ4n) is 2.07. The predicted molar refractivity (Wildman–Crippen MR) is 78.7 cm³/mol. The van der Waals surface area contributed by atoms with Crippen molar-refractivity contribution in [2.45, 2.75) is 38.8 Å². The van der Waals surface area contributed by atoms with Gasteiger partial charge in [0.15, 0.2) is 0 Å². The molecule has 1 atom stereocenters. The highest BCUT2D eigenvalue weighted by molar-refractivity contribution is 6.42. The summed E-state index contributed by atoms with van der Waals surface area (Å²) in [5, 5.41) is 4.49. The molecule has 0 aliphatic heterocycles. The van der Waals surface area contributed by atoms with Crippen LogP contribution in [0.4, 0.5) is 0 Å². The van der Waals surface area contributed by atoms with E-state index in [2.05, 4.69) is 19.2 Å². The third kappa shape index (κ3) is 4.13. The molecule has 2 nitrogen and oxygen atoms in total. The summed E-state index contributed by atoms with van der Waals surface area (Å²) in [6, 6.07) is 5.96. The lowest BCUT2D eigenvalue weighted by atomic mass is 9.92. The molecule has 0 saturated carbocycles. The highest BCUT2D eigenvalue weighted by Gasteiger charge is 2.28. The van der Waals surface area contributed by atoms with Gasteiger partial charge in [0.2, 0.25) is 0 Å². The maximum Gasteiger partial charge on any atom is 0.0781 e. The molecule has 1 aromatic carbocycles. The molecule has 1 rings (SSSR count). The van der Waals surface area contributed by atoms with Crippen molar-refractivity contribution in [1.82, 2.24) is 5.32 Å². The van der Waals surface area contributed by atoms with E-state index in [1.807, 2.05) is 32.2 Å². The van der Waals surface area contributed by atoms with Crippen LogP contribution in [0.25, 0.3) is 0 Å². The molecule has 0 heterocycles. The molecule has 0 aliphatic rings. The normalized spacial score (nSPS) is 13.7. The van der Waals surface area contributed by atoms with Crippen molar-refractivity contribution in [2.75, 3.05) is 13.7 Å². The first-order valence-electron chi connectivity index (χ1n) is 6.16. The van der Waals surface area contributed by atoms with Crippen molar-refractivity contribution < 1.29 is 4.74 Å². The topological polar surface area (TPSA) is 21.3 Å². The van der Waals surface area contributed by atoms with Gasteiger partial charge in [0.05, 0.1) is 15.6 Å². The van der Waals surface area contributed by atoms with Crippen molar-refractivity contribution in [2.24, 2.45) is 0 Å². The molecule has 1 N–H and O–H groups in total. The Morgan fingerprint density at radius 1 is 1.28 bits per heavy atom. The van der Waals surface area contributed by atoms with Crippen molar-refractivity contribution in [3.05, 3.63) is 33.8 Å². The molecule has 0 radical (unpaired) electrons. The van der Waals surface area contributed by atoms with Gasteiger partial charge in [-0.2, -0.15) is 0 Å². The molecule has 0 bridgehead atoms. The lowest BCUT2D eigenvalue weighted by Crippen LogP contribution is -2.48. The average molecular weight is 290 g/mol. The minimum Gasteiger partial charge on any atom is -0.374 e. The van der Waals surface area contributed by atoms with Crippen LogP contribution in [0.1, 0.15) is 26.3 Å². The van der Waals surface area contributed by atoms with E-state index in [0.717, 1.165) is 12.0 Å². The number of nitrogens with one attached hydrogen (secondary N) is 1. The zero-order valence-electron chi connectivity index (χ0n) is 11.4. The van der Waals surface area contributed by atoms with Crippen molar-refractivity contribution in [3.8, 4) is 0 Å². The molecule has 0 fully saturated rings. The van der Waals surface area contributed by atoms with Crippen LogP contribution in [0.5, 0.6) is 0 Å². The Kier molecular flexibility index (Phi) is 5.93. The van der Waals surface area contributed by atoms with Crippen LogP contribution < -0.4 is 5.32 Å². The number of halogens is 2. The second-order valence-electron chi connectivity index (χ2n) is 4.83. The molecular formula is C14H21Cl2NO. The van der Waals surface area contributed by atoms with Crippen molar-refractivity contribution in [3.63, 3.8) is 0 Å². The maximum atomic E-state index is 6.03. The first-order valence-corrected chi connectivity index (χ1v) is 6.91. The van der Waals surface area contributed by atoms with Crippen molar-refractivity contribution >= 4 is 23.2 Å². The van der Waals surface area contributed by atoms with Crippen LogP contribution in [-0.4, -0.2) is 25.3 Å². The Balaban J connectivity index is 2.82. The Labute approximate surface area is 120 Å². The molecule has 18 heavy (non-hydrogen) atoms. The lowest BCUT2D eigenvalue weighted by molar-refractivity contribution is -0.0363. The first kappa shape index (κ1) is 15.8. The maximum absolute atomic E-state index is 6.03. The van der Waals surface area contributed by atoms with E-state index >= 15 is 0 Å². The summed E-state index contributed by atoms with van der Waals surface area (Å²) in [5.74, 6) is 0. The average Bonchev–Trinajstić information content (AvgIpc) is 2.30. The van der Waals surface area contributed by atoms with E-state index in [-0.39, 0.29) is 11.6 Å². The van der Waals surface area contributed by atoms with Gasteiger partial charge < -0.3 is 10.1 Å². The van der Waals surface area contributed by atoms with E-state index < -0.39 is 0 Å². The largest absolute Gasteiger partial charge is 0.374 e. The van der Waals surface area contributed by atoms with Gasteiger partial charge in [0.1, 0.15) is 0 Å². The molecular weight excluding hydrogens is 269 g/mol. The van der Waals surface area contributed by atoms with E-state index in [1.165, 1.54) is 0 Å². The van der Waals surface area contributed by atoms with Gasteiger partial charge in [-0.25, -0.2) is 0 Å². The quantitative estimate of drug-likeness (QED) is 0.857. The van der Waals surface area contributed by atoms with Gasteiger partial charge in [0, 0.05) is 12.6 Å². The molecule has 0 spiro atoms. The van der Waals surface area contributed by atoms with E-state index in [4.69, 9.17) is 27.9 Å². The van der Waals surface area contributed by atoms with Crippen LogP contribution in [-0.2, 0) is 11.2 Å². The zero-order valence-corrected chi connectivity index (χ0v) is 12.9. The minimum absolute atomic E-state index is 0.217. The predicted octanol–water partition coefficient (Wildman–Crippen LogP) is 3.94. The summed E-state index contributed by atoms with van der Waals surface area (Å²) in [6.45, 7) is 6.89. The molecule has 4 heteroatoms. The van der Waals surface area contributed by atoms with Gasteiger partial charge in [-0.1, -0.05) is 29.3 Å². The Morgan fingerprint density at radius 2 is 1.94 bits per heavy atom. The second-order valence-corrected chi connectivity index (χ2v) is 5.64. The van der Waals surface area contributed by atoms with E-state index in [9.17, 15) is 0 Å². The molecule has 1 unspecified atom stereocenters. The molecule has 1 aromatic rings. The summed E-state index contributed by atoms with van der Waals surface area (Å²) in [7, 11) is 1.95. The third-order valence-corrected chi connectivity index (χ3v) is 3.87. The first-order chi connectivity index (χ1) is 8.40. The summed E-state index contributed by atoms with van der Waals surface area (Å²) in [5.41, 5.74) is 0.923. The summed E-state index contributed by atoms with van der Waals surface area (Å²) in [4.78, 5) is 0. The highest BCUT2D eigenvalue weighted by Crippen LogP contribution is 2.25. The number of hydrogen-bond donors (Lipinski definition) is 1. The Hall–Kier alpha value is -0.280. The molecule has 0 saturated heterocycles. The van der Waals surface area contributed by atoms with E-state index in [0.29, 0.717) is 16.7 Å². The number of hydrogen-bond acceptors (Lipinski definition) is 2. The monoisotopic (exact) mass is 289 g/mol. The molecule has 0 amide bonds. The van der Waals surface area contributed by atoms with Gasteiger partial charge in [-0.05, 0) is 51.9 Å². The third-order valence-electron chi connectivity index (χ3n) is 3.13. The molecule has 102 valence electrons. The number of rotatable bonds is 6.